The topological polar surface area (TPSA) is 84.2 Å². The van der Waals surface area contributed by atoms with Crippen molar-refractivity contribution in [2.45, 2.75) is 33.1 Å². The highest BCUT2D eigenvalue weighted by atomic mass is 16.6. The van der Waals surface area contributed by atoms with E-state index >= 15 is 0 Å². The van der Waals surface area contributed by atoms with E-state index in [1.54, 1.807) is 14.0 Å². The van der Waals surface area contributed by atoms with Crippen molar-refractivity contribution in [3.8, 4) is 0 Å². The van der Waals surface area contributed by atoms with Crippen molar-refractivity contribution in [2.24, 2.45) is 5.92 Å². The third-order valence-corrected chi connectivity index (χ3v) is 3.76. The standard InChI is InChI=1S/C13H21N5O2/c1-9-5-4-7-17(8-6-9)12-11(18(19)20)10(2)15-13(14-3)16-12/h9H,4-8H2,1-3H3,(H,14,15,16). The summed E-state index contributed by atoms with van der Waals surface area (Å²) >= 11 is 0. The number of hydrogen-bond acceptors (Lipinski definition) is 6. The summed E-state index contributed by atoms with van der Waals surface area (Å²) in [6.07, 6.45) is 3.23. The van der Waals surface area contributed by atoms with E-state index in [-0.39, 0.29) is 10.6 Å². The Labute approximate surface area is 118 Å². The lowest BCUT2D eigenvalue weighted by Crippen LogP contribution is -2.27. The normalized spacial score (nSPS) is 19.6. The summed E-state index contributed by atoms with van der Waals surface area (Å²) in [5.74, 6) is 1.53. The molecule has 0 aromatic carbocycles. The average Bonchev–Trinajstić information content (AvgIpc) is 2.62. The summed E-state index contributed by atoms with van der Waals surface area (Å²) < 4.78 is 0. The number of nitrogens with one attached hydrogen (secondary N) is 1. The van der Waals surface area contributed by atoms with Crippen LogP contribution in [0, 0.1) is 23.0 Å². The second kappa shape index (κ2) is 6.02. The van der Waals surface area contributed by atoms with Crippen molar-refractivity contribution in [3.05, 3.63) is 15.8 Å². The minimum Gasteiger partial charge on any atom is -0.357 e. The molecule has 1 atom stereocenters. The Kier molecular flexibility index (Phi) is 4.36. The van der Waals surface area contributed by atoms with Gasteiger partial charge in [-0.1, -0.05) is 6.92 Å². The van der Waals surface area contributed by atoms with Crippen molar-refractivity contribution < 1.29 is 4.92 Å². The first kappa shape index (κ1) is 14.5. The summed E-state index contributed by atoms with van der Waals surface area (Å²) in [7, 11) is 1.72. The smallest absolute Gasteiger partial charge is 0.332 e. The molecule has 0 spiro atoms. The zero-order valence-corrected chi connectivity index (χ0v) is 12.2. The van der Waals surface area contributed by atoms with E-state index in [1.807, 2.05) is 4.90 Å². The van der Waals surface area contributed by atoms with E-state index in [0.717, 1.165) is 32.4 Å². The lowest BCUT2D eigenvalue weighted by Gasteiger charge is -2.22. The fourth-order valence-corrected chi connectivity index (χ4v) is 2.57. The molecule has 7 heteroatoms. The van der Waals surface area contributed by atoms with E-state index in [0.29, 0.717) is 23.4 Å². The molecule has 0 aliphatic carbocycles. The van der Waals surface area contributed by atoms with Crippen LogP contribution in [0.5, 0.6) is 0 Å². The Morgan fingerprint density at radius 2 is 2.10 bits per heavy atom. The van der Waals surface area contributed by atoms with Crippen molar-refractivity contribution in [2.75, 3.05) is 30.4 Å². The maximum atomic E-state index is 11.3. The van der Waals surface area contributed by atoms with Crippen molar-refractivity contribution in [3.63, 3.8) is 0 Å². The molecule has 1 aliphatic rings. The summed E-state index contributed by atoms with van der Waals surface area (Å²) in [4.78, 5) is 21.4. The Morgan fingerprint density at radius 3 is 2.75 bits per heavy atom. The molecule has 20 heavy (non-hydrogen) atoms. The van der Waals surface area contributed by atoms with Gasteiger partial charge in [0.1, 0.15) is 5.69 Å². The molecule has 7 nitrogen and oxygen atoms in total. The maximum Gasteiger partial charge on any atom is 0.332 e. The van der Waals surface area contributed by atoms with Crippen LogP contribution in [-0.4, -0.2) is 35.0 Å². The molecule has 1 saturated heterocycles. The van der Waals surface area contributed by atoms with Crippen LogP contribution in [0.3, 0.4) is 0 Å². The number of aryl methyl sites for hydroxylation is 1. The maximum absolute atomic E-state index is 11.3. The van der Waals surface area contributed by atoms with Gasteiger partial charge in [0.15, 0.2) is 0 Å². The zero-order chi connectivity index (χ0) is 14.7. The summed E-state index contributed by atoms with van der Waals surface area (Å²) in [6.45, 7) is 5.50. The van der Waals surface area contributed by atoms with Crippen LogP contribution in [0.2, 0.25) is 0 Å². The molecule has 2 heterocycles. The van der Waals surface area contributed by atoms with E-state index in [1.165, 1.54) is 0 Å². The van der Waals surface area contributed by atoms with Gasteiger partial charge in [-0.3, -0.25) is 10.1 Å². The highest BCUT2D eigenvalue weighted by Gasteiger charge is 2.27. The predicted octanol–water partition coefficient (Wildman–Crippen LogP) is 2.36. The third-order valence-electron chi connectivity index (χ3n) is 3.76. The van der Waals surface area contributed by atoms with E-state index in [2.05, 4.69) is 22.2 Å². The molecular formula is C13H21N5O2. The molecule has 2 rings (SSSR count). The Morgan fingerprint density at radius 1 is 1.35 bits per heavy atom. The van der Waals surface area contributed by atoms with Crippen LogP contribution in [0.1, 0.15) is 31.9 Å². The summed E-state index contributed by atoms with van der Waals surface area (Å²) in [5, 5.41) is 14.2. The largest absolute Gasteiger partial charge is 0.357 e. The van der Waals surface area contributed by atoms with Gasteiger partial charge in [0.05, 0.1) is 4.92 Å². The van der Waals surface area contributed by atoms with E-state index < -0.39 is 0 Å². The molecule has 110 valence electrons. The van der Waals surface area contributed by atoms with Crippen molar-refractivity contribution in [1.82, 2.24) is 9.97 Å². The molecule has 1 fully saturated rings. The van der Waals surface area contributed by atoms with E-state index in [4.69, 9.17) is 0 Å². The van der Waals surface area contributed by atoms with Crippen LogP contribution < -0.4 is 10.2 Å². The molecule has 0 saturated carbocycles. The predicted molar refractivity (Wildman–Crippen MR) is 78.2 cm³/mol. The van der Waals surface area contributed by atoms with Gasteiger partial charge in [0.25, 0.3) is 0 Å². The van der Waals surface area contributed by atoms with E-state index in [9.17, 15) is 10.1 Å². The van der Waals surface area contributed by atoms with Gasteiger partial charge >= 0.3 is 5.69 Å². The molecule has 0 radical (unpaired) electrons. The fourth-order valence-electron chi connectivity index (χ4n) is 2.57. The van der Waals surface area contributed by atoms with Crippen molar-refractivity contribution in [1.29, 1.82) is 0 Å². The number of nitro groups is 1. The number of anilines is 2. The highest BCUT2D eigenvalue weighted by Crippen LogP contribution is 2.31. The molecule has 0 bridgehead atoms. The Balaban J connectivity index is 2.42. The Bertz CT molecular complexity index is 506. The third kappa shape index (κ3) is 2.97. The number of nitrogens with zero attached hydrogens (tertiary/aromatic N) is 4. The fraction of sp³-hybridized carbons (Fsp3) is 0.692. The van der Waals surface area contributed by atoms with Gasteiger partial charge < -0.3 is 10.2 Å². The Hall–Kier alpha value is -1.92. The lowest BCUT2D eigenvalue weighted by atomic mass is 10.0. The van der Waals surface area contributed by atoms with Gasteiger partial charge in [0.2, 0.25) is 11.8 Å². The van der Waals surface area contributed by atoms with Crippen LogP contribution in [0.4, 0.5) is 17.5 Å². The SMILES string of the molecule is CNc1nc(C)c([N+](=O)[O-])c(N2CCCC(C)CC2)n1. The van der Waals surface area contributed by atoms with Gasteiger partial charge in [-0.05, 0) is 32.1 Å². The second-order valence-corrected chi connectivity index (χ2v) is 5.34. The molecule has 1 aliphatic heterocycles. The number of aromatic nitrogens is 2. The molecule has 1 aromatic rings. The van der Waals surface area contributed by atoms with Gasteiger partial charge in [-0.2, -0.15) is 4.98 Å². The first-order valence-corrected chi connectivity index (χ1v) is 6.98. The first-order chi connectivity index (χ1) is 9.52. The molecule has 1 unspecified atom stereocenters. The van der Waals surface area contributed by atoms with Crippen molar-refractivity contribution >= 4 is 17.5 Å². The van der Waals surface area contributed by atoms with Gasteiger partial charge in [0, 0.05) is 20.1 Å². The van der Waals surface area contributed by atoms with Crippen LogP contribution in [0.15, 0.2) is 0 Å². The minimum absolute atomic E-state index is 0.0264. The average molecular weight is 279 g/mol. The summed E-state index contributed by atoms with van der Waals surface area (Å²) in [5.41, 5.74) is 0.431. The van der Waals surface area contributed by atoms with Crippen LogP contribution in [0.25, 0.3) is 0 Å². The van der Waals surface area contributed by atoms with Gasteiger partial charge in [-0.15, -0.1) is 0 Å². The zero-order valence-electron chi connectivity index (χ0n) is 12.2. The van der Waals surface area contributed by atoms with Gasteiger partial charge in [-0.25, -0.2) is 4.98 Å². The summed E-state index contributed by atoms with van der Waals surface area (Å²) in [6, 6.07) is 0. The second-order valence-electron chi connectivity index (χ2n) is 5.34. The lowest BCUT2D eigenvalue weighted by molar-refractivity contribution is -0.385. The molecular weight excluding hydrogens is 258 g/mol. The quantitative estimate of drug-likeness (QED) is 0.675. The molecule has 1 aromatic heterocycles. The first-order valence-electron chi connectivity index (χ1n) is 6.98. The minimum atomic E-state index is -0.377. The molecule has 1 N–H and O–H groups in total. The van der Waals surface area contributed by atoms with Crippen LogP contribution >= 0.6 is 0 Å². The molecule has 0 amide bonds. The highest BCUT2D eigenvalue weighted by molar-refractivity contribution is 5.62. The number of hydrogen-bond donors (Lipinski definition) is 1. The van der Waals surface area contributed by atoms with Crippen LogP contribution in [-0.2, 0) is 0 Å². The monoisotopic (exact) mass is 279 g/mol. The number of rotatable bonds is 3.